The predicted octanol–water partition coefficient (Wildman–Crippen LogP) is 20.5. The van der Waals surface area contributed by atoms with E-state index in [4.69, 9.17) is 30.2 Å². The fourth-order valence-electron chi connectivity index (χ4n) is 10.4. The van der Waals surface area contributed by atoms with Crippen LogP contribution in [0, 0.1) is 22.7 Å². The van der Waals surface area contributed by atoms with Crippen molar-refractivity contribution in [3.8, 4) is 90.7 Å². The molecule has 4 N–H and O–H groups in total. The van der Waals surface area contributed by atoms with Crippen LogP contribution in [0.2, 0.25) is 0 Å². The molecule has 0 radical (unpaired) electrons. The number of rotatable bonds is 18. The highest BCUT2D eigenvalue weighted by Crippen LogP contribution is 2.32. The van der Waals surface area contributed by atoms with E-state index >= 15 is 0 Å². The molecule has 14 heteroatoms. The summed E-state index contributed by atoms with van der Waals surface area (Å²) in [6.07, 6.45) is 0. The van der Waals surface area contributed by atoms with Crippen LogP contribution in [-0.2, 0) is 0 Å². The van der Waals surface area contributed by atoms with Crippen LogP contribution >= 0.6 is 0 Å². The monoisotopic (exact) mass is 1230 g/mol. The van der Waals surface area contributed by atoms with E-state index in [0.717, 1.165) is 72.9 Å². The minimum Gasteiger partial charge on any atom is -0.424 e. The van der Waals surface area contributed by atoms with Crippen molar-refractivity contribution >= 4 is 58.2 Å². The maximum Gasteiger partial charge on any atom is 0.328 e. The van der Waals surface area contributed by atoms with Gasteiger partial charge in [-0.25, -0.2) is 0 Å². The Morgan fingerprint density at radius 1 is 0.284 bits per heavy atom. The van der Waals surface area contributed by atoms with E-state index in [2.05, 4.69) is 170 Å². The molecule has 12 aromatic carbocycles. The summed E-state index contributed by atoms with van der Waals surface area (Å²) in [6, 6.07) is 109. The van der Waals surface area contributed by atoms with Crippen molar-refractivity contribution in [2.45, 2.75) is 0 Å². The van der Waals surface area contributed by atoms with Gasteiger partial charge in [0.05, 0.1) is 23.3 Å². The summed E-state index contributed by atoms with van der Waals surface area (Å²) >= 11 is 0. The van der Waals surface area contributed by atoms with Crippen LogP contribution in [0.25, 0.3) is 66.8 Å². The molecule has 14 rings (SSSR count). The van der Waals surface area contributed by atoms with Crippen LogP contribution in [0.1, 0.15) is 14.0 Å². The highest BCUT2D eigenvalue weighted by atomic mass is 16.5. The van der Waals surface area contributed by atoms with Gasteiger partial charge < -0.3 is 30.9 Å². The molecule has 0 fully saturated rings. The summed E-state index contributed by atoms with van der Waals surface area (Å²) in [7, 11) is 1.95. The number of para-hydroxylation sites is 2. The number of nitrogens with one attached hydrogen (secondary N) is 4. The second kappa shape index (κ2) is 28.9. The smallest absolute Gasteiger partial charge is 0.328 e. The summed E-state index contributed by atoms with van der Waals surface area (Å²) in [5.41, 5.74) is 19.0. The average molecular weight is 1230 g/mol. The first kappa shape index (κ1) is 60.4. The van der Waals surface area contributed by atoms with Gasteiger partial charge in [0.2, 0.25) is 29.7 Å². The standard InChI is InChI=1S/C46H36N6.C35H23N7O.2H2/c1-52(43-15-9-4-10-16-43)46-50-44(47-41-29-25-39(26-30-41)37-21-17-35(18-22-37)33-11-5-2-6-12-33)49-45(51-46)48-42-31-27-40(28-32-42)38-23-19-36(20-24-38)34-13-7-3-8-14-34;36-22-24-6-10-26(11-7-24)28-14-18-30(19-15-28)38-33-40-34(42-35(41-33)43-32-4-2-1-3-5-32)39-31-20-16-29(17-21-31)27-12-8-25(23-37)9-13-27;;/h2-32H,1H3,(H2,47,48,49,50,51);1-21H,(H2,38,39,40,41,42);2*1H. The summed E-state index contributed by atoms with van der Waals surface area (Å²) in [5, 5.41) is 31.4. The SMILES string of the molecule is CN(c1ccccc1)c1nc(Nc2ccc(-c3ccc(-c4ccccc4)cc3)cc2)nc(Nc2ccc(-c3ccc(-c4ccccc4)cc3)cc2)n1.N#Cc1ccc(-c2ccc(Nc3nc(Nc4ccc(-c5ccc(C#N)cc5)cc4)nc(Oc4ccccc4)n3)cc2)cc1.[HH].[HH]. The van der Waals surface area contributed by atoms with E-state index in [1.54, 1.807) is 24.3 Å². The van der Waals surface area contributed by atoms with Crippen molar-refractivity contribution in [1.82, 2.24) is 29.9 Å². The number of nitriles is 2. The molecule has 0 amide bonds. The first-order valence-corrected chi connectivity index (χ1v) is 30.6. The van der Waals surface area contributed by atoms with Crippen LogP contribution in [0.15, 0.2) is 315 Å². The zero-order valence-corrected chi connectivity index (χ0v) is 51.5. The Balaban J connectivity index is 0.000000196. The second-order valence-electron chi connectivity index (χ2n) is 21.9. The molecular weight excluding hydrogens is 1170 g/mol. The molecule has 14 nitrogen and oxygen atoms in total. The summed E-state index contributed by atoms with van der Waals surface area (Å²) < 4.78 is 5.94. The lowest BCUT2D eigenvalue weighted by Crippen LogP contribution is -2.16. The van der Waals surface area contributed by atoms with Gasteiger partial charge in [-0.2, -0.15) is 40.4 Å². The van der Waals surface area contributed by atoms with Gasteiger partial charge in [0.25, 0.3) is 0 Å². The van der Waals surface area contributed by atoms with E-state index in [1.165, 1.54) is 22.3 Å². The Kier molecular flexibility index (Phi) is 18.4. The van der Waals surface area contributed by atoms with Gasteiger partial charge in [0.15, 0.2) is 0 Å². The second-order valence-corrected chi connectivity index (χ2v) is 21.9. The molecule has 95 heavy (non-hydrogen) atoms. The quantitative estimate of drug-likeness (QED) is 0.0636. The van der Waals surface area contributed by atoms with E-state index in [-0.39, 0.29) is 8.86 Å². The van der Waals surface area contributed by atoms with Crippen molar-refractivity contribution < 1.29 is 7.59 Å². The van der Waals surface area contributed by atoms with E-state index in [9.17, 15) is 0 Å². The zero-order valence-electron chi connectivity index (χ0n) is 51.5. The Morgan fingerprint density at radius 3 is 0.821 bits per heavy atom. The van der Waals surface area contributed by atoms with Crippen molar-refractivity contribution in [3.63, 3.8) is 0 Å². The molecule has 0 unspecified atom stereocenters. The third-order valence-corrected chi connectivity index (χ3v) is 15.5. The molecule has 0 saturated heterocycles. The largest absolute Gasteiger partial charge is 0.424 e. The van der Waals surface area contributed by atoms with Crippen molar-refractivity contribution in [3.05, 3.63) is 327 Å². The first-order chi connectivity index (χ1) is 46.8. The number of hydrogen-bond donors (Lipinski definition) is 4. The molecule has 0 saturated carbocycles. The molecular formula is C81H63N13O. The van der Waals surface area contributed by atoms with Gasteiger partial charge in [-0.05, 0) is 164 Å². The van der Waals surface area contributed by atoms with E-state index in [0.29, 0.717) is 46.6 Å². The molecule has 0 atom stereocenters. The van der Waals surface area contributed by atoms with Gasteiger partial charge in [0.1, 0.15) is 5.75 Å². The fourth-order valence-corrected chi connectivity index (χ4v) is 10.4. The topological polar surface area (TPSA) is 186 Å². The zero-order chi connectivity index (χ0) is 64.6. The maximum atomic E-state index is 9.05. The lowest BCUT2D eigenvalue weighted by molar-refractivity contribution is 0.441. The molecule has 14 aromatic rings. The molecule has 0 aliphatic heterocycles. The summed E-state index contributed by atoms with van der Waals surface area (Å²) in [5.74, 6) is 2.60. The van der Waals surface area contributed by atoms with Gasteiger partial charge >= 0.3 is 6.01 Å². The maximum absolute atomic E-state index is 9.05. The number of hydrogen-bond acceptors (Lipinski definition) is 14. The summed E-state index contributed by atoms with van der Waals surface area (Å²) in [4.78, 5) is 29.9. The van der Waals surface area contributed by atoms with E-state index in [1.807, 2.05) is 182 Å². The van der Waals surface area contributed by atoms with Crippen LogP contribution in [0.3, 0.4) is 0 Å². The number of ether oxygens (including phenoxy) is 1. The van der Waals surface area contributed by atoms with Crippen LogP contribution < -0.4 is 30.9 Å². The van der Waals surface area contributed by atoms with Gasteiger partial charge in [-0.15, -0.1) is 0 Å². The molecule has 0 bridgehead atoms. The molecule has 0 aliphatic rings. The number of anilines is 10. The molecule has 0 aliphatic carbocycles. The Bertz CT molecular complexity index is 4670. The highest BCUT2D eigenvalue weighted by Gasteiger charge is 2.15. The van der Waals surface area contributed by atoms with Crippen LogP contribution in [0.4, 0.5) is 58.2 Å². The minimum atomic E-state index is 0. The molecule has 2 aromatic heterocycles. The average Bonchev–Trinajstić information content (AvgIpc) is 1.47. The number of aromatic nitrogens is 6. The minimum absolute atomic E-state index is 0. The first-order valence-electron chi connectivity index (χ1n) is 30.6. The number of nitrogens with zero attached hydrogens (tertiary/aromatic N) is 9. The Labute approximate surface area is 553 Å². The highest BCUT2D eigenvalue weighted by molar-refractivity contribution is 5.76. The van der Waals surface area contributed by atoms with Gasteiger partial charge in [0, 0.05) is 38.3 Å². The Morgan fingerprint density at radius 2 is 0.526 bits per heavy atom. The number of benzene rings is 12. The lowest BCUT2D eigenvalue weighted by Gasteiger charge is -2.19. The summed E-state index contributed by atoms with van der Waals surface area (Å²) in [6.45, 7) is 0. The van der Waals surface area contributed by atoms with E-state index < -0.39 is 0 Å². The van der Waals surface area contributed by atoms with Gasteiger partial charge in [-0.3, -0.25) is 0 Å². The Hall–Kier alpha value is -13.6. The third-order valence-electron chi connectivity index (χ3n) is 15.5. The molecule has 2 heterocycles. The lowest BCUT2D eigenvalue weighted by atomic mass is 10.0. The third kappa shape index (κ3) is 15.5. The normalized spacial score (nSPS) is 10.6. The van der Waals surface area contributed by atoms with Crippen LogP contribution in [-0.4, -0.2) is 37.0 Å². The van der Waals surface area contributed by atoms with Crippen LogP contribution in [0.5, 0.6) is 11.8 Å². The van der Waals surface area contributed by atoms with Crippen molar-refractivity contribution in [1.29, 1.82) is 10.5 Å². The van der Waals surface area contributed by atoms with Gasteiger partial charge in [-0.1, -0.05) is 218 Å². The predicted molar refractivity (Wildman–Crippen MR) is 386 cm³/mol. The molecule has 458 valence electrons. The fraction of sp³-hybridized carbons (Fsp3) is 0.0123. The molecule has 0 spiro atoms. The van der Waals surface area contributed by atoms with Crippen molar-refractivity contribution in [2.24, 2.45) is 0 Å². The van der Waals surface area contributed by atoms with Crippen molar-refractivity contribution in [2.75, 3.05) is 33.2 Å².